The molecule has 4 heteroatoms. The van der Waals surface area contributed by atoms with E-state index in [1.54, 1.807) is 7.11 Å². The van der Waals surface area contributed by atoms with Gasteiger partial charge in [-0.15, -0.1) is 0 Å². The Morgan fingerprint density at radius 2 is 2.30 bits per heavy atom. The number of ether oxygens (including phenoxy) is 2. The molecule has 3 N–H and O–H groups in total. The second-order valence-corrected chi connectivity index (χ2v) is 5.56. The summed E-state index contributed by atoms with van der Waals surface area (Å²) in [5, 5.41) is 0. The first-order chi connectivity index (χ1) is 9.69. The van der Waals surface area contributed by atoms with E-state index in [2.05, 4.69) is 31.4 Å². The van der Waals surface area contributed by atoms with E-state index in [9.17, 15) is 0 Å². The maximum atomic E-state index is 5.80. The van der Waals surface area contributed by atoms with Gasteiger partial charge in [-0.2, -0.15) is 0 Å². The lowest BCUT2D eigenvalue weighted by atomic mass is 9.87. The lowest BCUT2D eigenvalue weighted by Gasteiger charge is -2.27. The number of benzene rings is 1. The first-order valence-corrected chi connectivity index (χ1v) is 7.40. The zero-order valence-electron chi connectivity index (χ0n) is 12.7. The highest BCUT2D eigenvalue weighted by Crippen LogP contribution is 2.30. The quantitative estimate of drug-likeness (QED) is 0.618. The lowest BCUT2D eigenvalue weighted by Crippen LogP contribution is -2.45. The summed E-state index contributed by atoms with van der Waals surface area (Å²) in [6.45, 7) is 5.11. The number of hydrogen-bond donors (Lipinski definition) is 2. The molecule has 0 spiro atoms. The summed E-state index contributed by atoms with van der Waals surface area (Å²) in [4.78, 5) is 0. The van der Waals surface area contributed by atoms with Crippen LogP contribution < -0.4 is 16.0 Å². The Morgan fingerprint density at radius 1 is 1.50 bits per heavy atom. The fourth-order valence-electron chi connectivity index (χ4n) is 3.18. The summed E-state index contributed by atoms with van der Waals surface area (Å²) in [6.07, 6.45) is 3.29. The van der Waals surface area contributed by atoms with E-state index in [0.29, 0.717) is 12.0 Å². The van der Waals surface area contributed by atoms with E-state index >= 15 is 0 Å². The summed E-state index contributed by atoms with van der Waals surface area (Å²) >= 11 is 0. The third kappa shape index (κ3) is 3.32. The molecule has 20 heavy (non-hydrogen) atoms. The van der Waals surface area contributed by atoms with Crippen LogP contribution in [-0.2, 0) is 11.2 Å². The zero-order valence-corrected chi connectivity index (χ0v) is 12.7. The molecule has 4 nitrogen and oxygen atoms in total. The Balaban J connectivity index is 2.15. The van der Waals surface area contributed by atoms with Crippen LogP contribution in [0.1, 0.15) is 30.9 Å². The maximum absolute atomic E-state index is 5.80. The van der Waals surface area contributed by atoms with E-state index in [1.165, 1.54) is 11.1 Å². The SMILES string of the molecule is CCC1OCCC1C(Cc1cc(C)ccc1OC)NN. The summed E-state index contributed by atoms with van der Waals surface area (Å²) in [5.74, 6) is 7.20. The fourth-order valence-corrected chi connectivity index (χ4v) is 3.18. The van der Waals surface area contributed by atoms with E-state index in [4.69, 9.17) is 15.3 Å². The smallest absolute Gasteiger partial charge is 0.122 e. The van der Waals surface area contributed by atoms with Crippen molar-refractivity contribution in [1.29, 1.82) is 0 Å². The minimum Gasteiger partial charge on any atom is -0.496 e. The van der Waals surface area contributed by atoms with Gasteiger partial charge in [0.15, 0.2) is 0 Å². The Labute approximate surface area is 121 Å². The predicted octanol–water partition coefficient (Wildman–Crippen LogP) is 2.19. The van der Waals surface area contributed by atoms with Crippen molar-refractivity contribution in [3.63, 3.8) is 0 Å². The first kappa shape index (κ1) is 15.3. The van der Waals surface area contributed by atoms with Gasteiger partial charge in [0.05, 0.1) is 13.2 Å². The van der Waals surface area contributed by atoms with E-state index in [1.807, 2.05) is 6.07 Å². The van der Waals surface area contributed by atoms with Crippen LogP contribution in [-0.4, -0.2) is 25.9 Å². The third-order valence-corrected chi connectivity index (χ3v) is 4.27. The van der Waals surface area contributed by atoms with Crippen LogP contribution in [0, 0.1) is 12.8 Å². The second kappa shape index (κ2) is 7.07. The summed E-state index contributed by atoms with van der Waals surface area (Å²) in [6, 6.07) is 6.50. The van der Waals surface area contributed by atoms with Crippen LogP contribution in [0.2, 0.25) is 0 Å². The number of nitrogens with one attached hydrogen (secondary N) is 1. The van der Waals surface area contributed by atoms with Crippen LogP contribution in [0.15, 0.2) is 18.2 Å². The molecular weight excluding hydrogens is 252 g/mol. The van der Waals surface area contributed by atoms with Crippen molar-refractivity contribution in [3.05, 3.63) is 29.3 Å². The largest absolute Gasteiger partial charge is 0.496 e. The molecule has 2 rings (SSSR count). The summed E-state index contributed by atoms with van der Waals surface area (Å²) < 4.78 is 11.3. The predicted molar refractivity (Wildman–Crippen MR) is 80.7 cm³/mol. The highest BCUT2D eigenvalue weighted by atomic mass is 16.5. The van der Waals surface area contributed by atoms with Gasteiger partial charge in [-0.05, 0) is 37.8 Å². The van der Waals surface area contributed by atoms with E-state index < -0.39 is 0 Å². The van der Waals surface area contributed by atoms with Crippen molar-refractivity contribution in [2.75, 3.05) is 13.7 Å². The third-order valence-electron chi connectivity index (χ3n) is 4.27. The number of hydrogen-bond acceptors (Lipinski definition) is 4. The van der Waals surface area contributed by atoms with Crippen LogP contribution in [0.4, 0.5) is 0 Å². The maximum Gasteiger partial charge on any atom is 0.122 e. The molecule has 3 unspecified atom stereocenters. The van der Waals surface area contributed by atoms with Crippen molar-refractivity contribution in [2.45, 2.75) is 45.3 Å². The Kier molecular flexibility index (Phi) is 5.40. The molecule has 1 fully saturated rings. The van der Waals surface area contributed by atoms with Gasteiger partial charge in [0.25, 0.3) is 0 Å². The van der Waals surface area contributed by atoms with Crippen LogP contribution in [0.3, 0.4) is 0 Å². The topological polar surface area (TPSA) is 56.5 Å². The number of aryl methyl sites for hydroxylation is 1. The molecule has 0 bridgehead atoms. The highest BCUT2D eigenvalue weighted by molar-refractivity contribution is 5.37. The van der Waals surface area contributed by atoms with Crippen molar-refractivity contribution < 1.29 is 9.47 Å². The van der Waals surface area contributed by atoms with Gasteiger partial charge in [-0.1, -0.05) is 24.6 Å². The van der Waals surface area contributed by atoms with E-state index in [-0.39, 0.29) is 6.04 Å². The van der Waals surface area contributed by atoms with Crippen molar-refractivity contribution in [2.24, 2.45) is 11.8 Å². The summed E-state index contributed by atoms with van der Waals surface area (Å²) in [7, 11) is 1.71. The van der Waals surface area contributed by atoms with Gasteiger partial charge < -0.3 is 9.47 Å². The number of hydrazine groups is 1. The van der Waals surface area contributed by atoms with E-state index in [0.717, 1.165) is 31.6 Å². The van der Waals surface area contributed by atoms with Crippen molar-refractivity contribution in [1.82, 2.24) is 5.43 Å². The van der Waals surface area contributed by atoms with Crippen molar-refractivity contribution >= 4 is 0 Å². The Hall–Kier alpha value is -1.10. The number of methoxy groups -OCH3 is 1. The molecule has 1 saturated heterocycles. The van der Waals surface area contributed by atoms with Gasteiger partial charge in [0.2, 0.25) is 0 Å². The molecule has 1 heterocycles. The summed E-state index contributed by atoms with van der Waals surface area (Å²) in [5.41, 5.74) is 5.44. The standard InChI is InChI=1S/C16H26N2O2/c1-4-15-13(7-8-20-15)14(18-17)10-12-9-11(2)5-6-16(12)19-3/h5-6,9,13-15,18H,4,7-8,10,17H2,1-3H3. The molecule has 1 aromatic rings. The Morgan fingerprint density at radius 3 is 2.95 bits per heavy atom. The number of rotatable bonds is 6. The molecule has 0 aromatic heterocycles. The van der Waals surface area contributed by atoms with Crippen molar-refractivity contribution in [3.8, 4) is 5.75 Å². The minimum atomic E-state index is 0.221. The lowest BCUT2D eigenvalue weighted by molar-refractivity contribution is 0.0774. The van der Waals surface area contributed by atoms with Gasteiger partial charge in [-0.3, -0.25) is 11.3 Å². The number of nitrogens with two attached hydrogens (primary N) is 1. The zero-order chi connectivity index (χ0) is 14.5. The molecule has 1 aliphatic rings. The molecule has 1 aromatic carbocycles. The molecule has 3 atom stereocenters. The monoisotopic (exact) mass is 278 g/mol. The first-order valence-electron chi connectivity index (χ1n) is 7.40. The van der Waals surface area contributed by atoms with Crippen LogP contribution in [0.5, 0.6) is 5.75 Å². The molecular formula is C16H26N2O2. The van der Waals surface area contributed by atoms with Gasteiger partial charge >= 0.3 is 0 Å². The normalized spacial score (nSPS) is 23.8. The van der Waals surface area contributed by atoms with Gasteiger partial charge in [0.1, 0.15) is 5.75 Å². The average molecular weight is 278 g/mol. The average Bonchev–Trinajstić information content (AvgIpc) is 2.93. The molecule has 0 aliphatic carbocycles. The Bertz CT molecular complexity index is 436. The molecule has 0 radical (unpaired) electrons. The second-order valence-electron chi connectivity index (χ2n) is 5.56. The van der Waals surface area contributed by atoms with Crippen LogP contribution in [0.25, 0.3) is 0 Å². The molecule has 1 aliphatic heterocycles. The van der Waals surface area contributed by atoms with Gasteiger partial charge in [0, 0.05) is 18.6 Å². The molecule has 112 valence electrons. The molecule has 0 amide bonds. The minimum absolute atomic E-state index is 0.221. The van der Waals surface area contributed by atoms with Crippen LogP contribution >= 0.6 is 0 Å². The molecule has 0 saturated carbocycles. The highest BCUT2D eigenvalue weighted by Gasteiger charge is 2.33. The van der Waals surface area contributed by atoms with Gasteiger partial charge in [-0.25, -0.2) is 0 Å². The fraction of sp³-hybridized carbons (Fsp3) is 0.625.